The van der Waals surface area contributed by atoms with Gasteiger partial charge in [0.15, 0.2) is 6.10 Å². The Labute approximate surface area is 459 Å². The van der Waals surface area contributed by atoms with Crippen molar-refractivity contribution in [3.05, 3.63) is 72.9 Å². The van der Waals surface area contributed by atoms with Crippen molar-refractivity contribution >= 4 is 17.9 Å². The molecule has 0 radical (unpaired) electrons. The fraction of sp³-hybridized carbons (Fsp3) is 0.779. The molecule has 0 aromatic rings. The zero-order valence-corrected chi connectivity index (χ0v) is 49.1. The summed E-state index contributed by atoms with van der Waals surface area (Å²) in [6.45, 7) is 6.52. The van der Waals surface area contributed by atoms with Crippen LogP contribution >= 0.6 is 0 Å². The summed E-state index contributed by atoms with van der Waals surface area (Å²) >= 11 is 0. The molecule has 0 amide bonds. The molecule has 1 atom stereocenters. The summed E-state index contributed by atoms with van der Waals surface area (Å²) in [6, 6.07) is 0. The molecule has 1 unspecified atom stereocenters. The Morgan fingerprint density at radius 1 is 0.284 bits per heavy atom. The van der Waals surface area contributed by atoms with E-state index in [1.54, 1.807) is 0 Å². The van der Waals surface area contributed by atoms with Gasteiger partial charge in [0.2, 0.25) is 0 Å². The molecule has 6 nitrogen and oxygen atoms in total. The van der Waals surface area contributed by atoms with Crippen molar-refractivity contribution in [2.45, 2.75) is 329 Å². The van der Waals surface area contributed by atoms with E-state index in [4.69, 9.17) is 14.2 Å². The third-order valence-corrected chi connectivity index (χ3v) is 13.9. The van der Waals surface area contributed by atoms with Crippen LogP contribution in [0.1, 0.15) is 323 Å². The third kappa shape index (κ3) is 59.7. The van der Waals surface area contributed by atoms with Gasteiger partial charge in [0, 0.05) is 19.3 Å². The van der Waals surface area contributed by atoms with Crippen LogP contribution in [0.3, 0.4) is 0 Å². The molecule has 0 rings (SSSR count). The van der Waals surface area contributed by atoms with Gasteiger partial charge < -0.3 is 14.2 Å². The minimum atomic E-state index is -0.794. The van der Waals surface area contributed by atoms with Crippen LogP contribution in [0.4, 0.5) is 0 Å². The highest BCUT2D eigenvalue weighted by Gasteiger charge is 2.19. The summed E-state index contributed by atoms with van der Waals surface area (Å²) < 4.78 is 16.9. The highest BCUT2D eigenvalue weighted by Crippen LogP contribution is 2.17. The summed E-state index contributed by atoms with van der Waals surface area (Å²) in [6.07, 6.45) is 80.5. The van der Waals surface area contributed by atoms with Gasteiger partial charge in [0.1, 0.15) is 13.2 Å². The first-order chi connectivity index (χ1) is 36.5. The number of carbonyl (C=O) groups is 3. The second-order valence-electron chi connectivity index (χ2n) is 21.3. The summed E-state index contributed by atoms with van der Waals surface area (Å²) in [5, 5.41) is 0. The fourth-order valence-corrected chi connectivity index (χ4v) is 9.17. The van der Waals surface area contributed by atoms with E-state index in [0.717, 1.165) is 89.9 Å². The van der Waals surface area contributed by atoms with Gasteiger partial charge in [-0.1, -0.05) is 286 Å². The lowest BCUT2D eigenvalue weighted by Gasteiger charge is -2.18. The molecule has 6 heteroatoms. The Morgan fingerprint density at radius 2 is 0.527 bits per heavy atom. The maximum atomic E-state index is 12.9. The molecule has 0 bridgehead atoms. The second kappa shape index (κ2) is 62.4. The van der Waals surface area contributed by atoms with E-state index >= 15 is 0 Å². The highest BCUT2D eigenvalue weighted by molar-refractivity contribution is 5.71. The van der Waals surface area contributed by atoms with E-state index in [0.29, 0.717) is 19.3 Å². The van der Waals surface area contributed by atoms with Crippen LogP contribution in [0.5, 0.6) is 0 Å². The molecule has 0 aliphatic carbocycles. The molecule has 0 saturated carbocycles. The number of hydrogen-bond donors (Lipinski definition) is 0. The van der Waals surface area contributed by atoms with E-state index in [1.807, 2.05) is 0 Å². The van der Waals surface area contributed by atoms with Crippen molar-refractivity contribution in [2.75, 3.05) is 13.2 Å². The number of ether oxygens (including phenoxy) is 3. The quantitative estimate of drug-likeness (QED) is 0.0261. The number of carbonyl (C=O) groups excluding carboxylic acids is 3. The zero-order valence-electron chi connectivity index (χ0n) is 49.1. The van der Waals surface area contributed by atoms with Gasteiger partial charge in [0.05, 0.1) is 0 Å². The van der Waals surface area contributed by atoms with Gasteiger partial charge in [-0.05, 0) is 89.9 Å². The largest absolute Gasteiger partial charge is 0.462 e. The Hall–Kier alpha value is -3.15. The van der Waals surface area contributed by atoms with Gasteiger partial charge in [-0.2, -0.15) is 0 Å². The first kappa shape index (κ1) is 70.8. The molecule has 0 heterocycles. The van der Waals surface area contributed by atoms with E-state index in [2.05, 4.69) is 93.7 Å². The van der Waals surface area contributed by atoms with Crippen molar-refractivity contribution in [3.8, 4) is 0 Å². The Bertz CT molecular complexity index is 1370. The molecule has 74 heavy (non-hydrogen) atoms. The topological polar surface area (TPSA) is 78.9 Å². The van der Waals surface area contributed by atoms with Gasteiger partial charge in [-0.15, -0.1) is 0 Å². The normalized spacial score (nSPS) is 12.5. The molecular formula is C68H120O6. The average Bonchev–Trinajstić information content (AvgIpc) is 3.40. The van der Waals surface area contributed by atoms with Crippen molar-refractivity contribution in [1.82, 2.24) is 0 Å². The summed E-state index contributed by atoms with van der Waals surface area (Å²) in [4.78, 5) is 38.3. The lowest BCUT2D eigenvalue weighted by atomic mass is 10.0. The Kier molecular flexibility index (Phi) is 59.7. The smallest absolute Gasteiger partial charge is 0.306 e. The maximum Gasteiger partial charge on any atom is 0.306 e. The van der Waals surface area contributed by atoms with Crippen LogP contribution in [-0.4, -0.2) is 37.2 Å². The van der Waals surface area contributed by atoms with Crippen LogP contribution in [0, 0.1) is 0 Å². The zero-order chi connectivity index (χ0) is 53.6. The number of rotatable bonds is 58. The fourth-order valence-electron chi connectivity index (χ4n) is 9.17. The molecule has 0 spiro atoms. The van der Waals surface area contributed by atoms with Crippen LogP contribution in [0.25, 0.3) is 0 Å². The predicted molar refractivity (Wildman–Crippen MR) is 321 cm³/mol. The number of allylic oxidation sites excluding steroid dienone is 12. The van der Waals surface area contributed by atoms with Gasteiger partial charge in [-0.25, -0.2) is 0 Å². The molecule has 0 fully saturated rings. The number of hydrogen-bond acceptors (Lipinski definition) is 6. The highest BCUT2D eigenvalue weighted by atomic mass is 16.6. The van der Waals surface area contributed by atoms with Crippen LogP contribution < -0.4 is 0 Å². The number of esters is 3. The molecule has 0 aromatic heterocycles. The minimum absolute atomic E-state index is 0.0883. The molecule has 0 aliphatic rings. The van der Waals surface area contributed by atoms with Crippen molar-refractivity contribution < 1.29 is 28.6 Å². The molecule has 0 saturated heterocycles. The minimum Gasteiger partial charge on any atom is -0.462 e. The van der Waals surface area contributed by atoms with E-state index < -0.39 is 6.10 Å². The second-order valence-corrected chi connectivity index (χ2v) is 21.3. The number of unbranched alkanes of at least 4 members (excludes halogenated alkanes) is 35. The SMILES string of the molecule is CC/C=C\C/C=C\C/C=C\C/C=C\CCCCC(=O)OCC(COC(=O)CCCCCCCCCCC/C=C\C/C=C\CCCCCCC)OC(=O)CCCCCCCCCCCCCCCCCCCCCC. The monoisotopic (exact) mass is 1030 g/mol. The summed E-state index contributed by atoms with van der Waals surface area (Å²) in [5.41, 5.74) is 0. The Morgan fingerprint density at radius 3 is 0.851 bits per heavy atom. The van der Waals surface area contributed by atoms with Crippen molar-refractivity contribution in [1.29, 1.82) is 0 Å². The molecule has 428 valence electrons. The molecule has 0 N–H and O–H groups in total. The van der Waals surface area contributed by atoms with Crippen LogP contribution in [0.15, 0.2) is 72.9 Å². The van der Waals surface area contributed by atoms with Gasteiger partial charge >= 0.3 is 17.9 Å². The Balaban J connectivity index is 4.38. The third-order valence-electron chi connectivity index (χ3n) is 13.9. The van der Waals surface area contributed by atoms with Crippen LogP contribution in [-0.2, 0) is 28.6 Å². The molecule has 0 aliphatic heterocycles. The van der Waals surface area contributed by atoms with Crippen molar-refractivity contribution in [3.63, 3.8) is 0 Å². The van der Waals surface area contributed by atoms with E-state index in [9.17, 15) is 14.4 Å². The van der Waals surface area contributed by atoms with E-state index in [-0.39, 0.29) is 31.1 Å². The predicted octanol–water partition coefficient (Wildman–Crippen LogP) is 21.7. The maximum absolute atomic E-state index is 12.9. The standard InChI is InChI=1S/C68H120O6/c1-4-7-10-13-16-19-22-25-28-30-32-34-36-37-40-43-46-49-52-55-58-61-67(70)73-64-65(63-72-66(69)60-57-54-51-48-45-42-39-27-24-21-18-15-12-9-6-3)74-68(71)62-59-56-53-50-47-44-41-38-35-33-31-29-26-23-20-17-14-11-8-5-2/h9,12,18,21-22,25,27,30,32,39,45,48,65H,4-8,10-11,13-17,19-20,23-24,26,28-29,31,33-38,40-44,46-47,49-64H2,1-3H3/b12-9-,21-18-,25-22-,32-30-,39-27-,48-45-. The van der Waals surface area contributed by atoms with Gasteiger partial charge in [-0.3, -0.25) is 14.4 Å². The first-order valence-corrected chi connectivity index (χ1v) is 31.9. The first-order valence-electron chi connectivity index (χ1n) is 31.9. The lowest BCUT2D eigenvalue weighted by Crippen LogP contribution is -2.30. The van der Waals surface area contributed by atoms with Crippen LogP contribution in [0.2, 0.25) is 0 Å². The van der Waals surface area contributed by atoms with Crippen molar-refractivity contribution in [2.24, 2.45) is 0 Å². The summed E-state index contributed by atoms with van der Waals surface area (Å²) in [5.74, 6) is -0.919. The molecule has 0 aromatic carbocycles. The lowest BCUT2D eigenvalue weighted by molar-refractivity contribution is -0.167. The van der Waals surface area contributed by atoms with E-state index in [1.165, 1.54) is 193 Å². The molecular weight excluding hydrogens is 913 g/mol. The van der Waals surface area contributed by atoms with Gasteiger partial charge in [0.25, 0.3) is 0 Å². The summed E-state index contributed by atoms with van der Waals surface area (Å²) in [7, 11) is 0. The average molecular weight is 1030 g/mol.